The SMILES string of the molecule is CCOC(=O)/C=C/C(=O)OCc1oc(=O)oc1C. The lowest BCUT2D eigenvalue weighted by atomic mass is 10.4. The molecule has 18 heavy (non-hydrogen) atoms. The first-order valence-electron chi connectivity index (χ1n) is 5.14. The molecule has 1 aromatic rings. The summed E-state index contributed by atoms with van der Waals surface area (Å²) in [6.07, 6.45) is 1.87. The summed E-state index contributed by atoms with van der Waals surface area (Å²) < 4.78 is 18.5. The molecular weight excluding hydrogens is 244 g/mol. The molecule has 0 aromatic carbocycles. The summed E-state index contributed by atoms with van der Waals surface area (Å²) in [5, 5.41) is 0. The van der Waals surface area contributed by atoms with Gasteiger partial charge in [-0.1, -0.05) is 0 Å². The molecule has 0 saturated heterocycles. The summed E-state index contributed by atoms with van der Waals surface area (Å²) in [5.41, 5.74) is 0. The predicted molar refractivity (Wildman–Crippen MR) is 57.6 cm³/mol. The molecule has 7 nitrogen and oxygen atoms in total. The molecule has 0 saturated carbocycles. The maximum absolute atomic E-state index is 11.2. The minimum absolute atomic E-state index is 0.123. The van der Waals surface area contributed by atoms with E-state index in [1.165, 1.54) is 6.92 Å². The zero-order chi connectivity index (χ0) is 13.5. The van der Waals surface area contributed by atoms with Gasteiger partial charge in [-0.25, -0.2) is 14.4 Å². The Hall–Kier alpha value is -2.31. The van der Waals surface area contributed by atoms with Crippen LogP contribution in [0.25, 0.3) is 0 Å². The average molecular weight is 256 g/mol. The lowest BCUT2D eigenvalue weighted by molar-refractivity contribution is -0.141. The van der Waals surface area contributed by atoms with Gasteiger partial charge in [0.2, 0.25) is 0 Å². The summed E-state index contributed by atoms with van der Waals surface area (Å²) in [5.74, 6) is -1.90. The minimum Gasteiger partial charge on any atom is -0.463 e. The third-order valence-electron chi connectivity index (χ3n) is 1.82. The molecule has 1 rings (SSSR count). The summed E-state index contributed by atoms with van der Waals surface area (Å²) in [6, 6.07) is 0. The van der Waals surface area contributed by atoms with Gasteiger partial charge in [0.15, 0.2) is 18.1 Å². The highest BCUT2D eigenvalue weighted by atomic mass is 16.6. The first kappa shape index (κ1) is 13.8. The number of ether oxygens (including phenoxy) is 2. The van der Waals surface area contributed by atoms with Crippen LogP contribution in [0, 0.1) is 6.92 Å². The van der Waals surface area contributed by atoms with Crippen molar-refractivity contribution >= 4 is 11.9 Å². The number of rotatable bonds is 5. The Kier molecular flexibility index (Phi) is 4.91. The molecule has 0 amide bonds. The van der Waals surface area contributed by atoms with Crippen molar-refractivity contribution in [3.63, 3.8) is 0 Å². The highest BCUT2D eigenvalue weighted by Gasteiger charge is 2.10. The summed E-state index contributed by atoms with van der Waals surface area (Å²) in [4.78, 5) is 32.8. The molecule has 0 aliphatic heterocycles. The summed E-state index contributed by atoms with van der Waals surface area (Å²) in [6.45, 7) is 3.12. The summed E-state index contributed by atoms with van der Waals surface area (Å²) >= 11 is 0. The third kappa shape index (κ3) is 4.28. The smallest absolute Gasteiger partial charge is 0.463 e. The van der Waals surface area contributed by atoms with E-state index < -0.39 is 17.8 Å². The Morgan fingerprint density at radius 3 is 2.28 bits per heavy atom. The van der Waals surface area contributed by atoms with Crippen molar-refractivity contribution in [3.8, 4) is 0 Å². The Morgan fingerprint density at radius 2 is 1.78 bits per heavy atom. The van der Waals surface area contributed by atoms with Crippen molar-refractivity contribution in [1.29, 1.82) is 0 Å². The van der Waals surface area contributed by atoms with E-state index in [0.29, 0.717) is 0 Å². The molecule has 0 aliphatic rings. The Labute approximate surface area is 102 Å². The molecule has 0 N–H and O–H groups in total. The van der Waals surface area contributed by atoms with Crippen LogP contribution in [0.2, 0.25) is 0 Å². The number of carbonyl (C=O) groups excluding carboxylic acids is 2. The van der Waals surface area contributed by atoms with Crippen molar-refractivity contribution < 1.29 is 27.9 Å². The van der Waals surface area contributed by atoms with E-state index in [-0.39, 0.29) is 24.7 Å². The van der Waals surface area contributed by atoms with Gasteiger partial charge in [0, 0.05) is 12.2 Å². The topological polar surface area (TPSA) is 96.0 Å². The second-order valence-corrected chi connectivity index (χ2v) is 3.13. The third-order valence-corrected chi connectivity index (χ3v) is 1.82. The molecule has 98 valence electrons. The van der Waals surface area contributed by atoms with Crippen LogP contribution in [0.4, 0.5) is 0 Å². The average Bonchev–Trinajstić information content (AvgIpc) is 2.63. The second-order valence-electron chi connectivity index (χ2n) is 3.13. The van der Waals surface area contributed by atoms with Crippen molar-refractivity contribution in [3.05, 3.63) is 34.3 Å². The normalized spacial score (nSPS) is 10.6. The van der Waals surface area contributed by atoms with Gasteiger partial charge < -0.3 is 18.3 Å². The van der Waals surface area contributed by atoms with Gasteiger partial charge in [0.1, 0.15) is 0 Å². The monoisotopic (exact) mass is 256 g/mol. The number of hydrogen-bond donors (Lipinski definition) is 0. The first-order chi connectivity index (χ1) is 8.52. The van der Waals surface area contributed by atoms with Gasteiger partial charge in [0.05, 0.1) is 6.61 Å². The number of esters is 2. The fourth-order valence-electron chi connectivity index (χ4n) is 1.02. The van der Waals surface area contributed by atoms with Crippen molar-refractivity contribution in [2.75, 3.05) is 6.61 Å². The van der Waals surface area contributed by atoms with Crippen LogP contribution < -0.4 is 5.82 Å². The standard InChI is InChI=1S/C11H12O7/c1-3-15-9(12)4-5-10(13)16-6-8-7(2)17-11(14)18-8/h4-5H,3,6H2,1-2H3/b5-4+. The molecule has 0 atom stereocenters. The maximum atomic E-state index is 11.2. The van der Waals surface area contributed by atoms with Crippen LogP contribution in [-0.2, 0) is 25.7 Å². The van der Waals surface area contributed by atoms with E-state index in [2.05, 4.69) is 13.6 Å². The number of aryl methyl sites for hydroxylation is 1. The quantitative estimate of drug-likeness (QED) is 0.565. The maximum Gasteiger partial charge on any atom is 0.519 e. The second kappa shape index (κ2) is 6.43. The van der Waals surface area contributed by atoms with E-state index >= 15 is 0 Å². The highest BCUT2D eigenvalue weighted by molar-refractivity contribution is 5.91. The van der Waals surface area contributed by atoms with E-state index in [4.69, 9.17) is 4.74 Å². The van der Waals surface area contributed by atoms with Gasteiger partial charge >= 0.3 is 17.8 Å². The first-order valence-corrected chi connectivity index (χ1v) is 5.14. The molecule has 1 heterocycles. The largest absolute Gasteiger partial charge is 0.519 e. The van der Waals surface area contributed by atoms with Crippen LogP contribution in [0.3, 0.4) is 0 Å². The van der Waals surface area contributed by atoms with Gasteiger partial charge in [-0.2, -0.15) is 0 Å². The van der Waals surface area contributed by atoms with Crippen LogP contribution in [0.15, 0.2) is 25.8 Å². The molecule has 0 spiro atoms. The lowest BCUT2D eigenvalue weighted by Crippen LogP contribution is -2.04. The lowest BCUT2D eigenvalue weighted by Gasteiger charge is -1.98. The Balaban J connectivity index is 2.44. The molecule has 1 aromatic heterocycles. The zero-order valence-electron chi connectivity index (χ0n) is 9.93. The fourth-order valence-corrected chi connectivity index (χ4v) is 1.02. The fraction of sp³-hybridized carbons (Fsp3) is 0.364. The van der Waals surface area contributed by atoms with E-state index in [9.17, 15) is 14.4 Å². The molecule has 7 heteroatoms. The van der Waals surface area contributed by atoms with Gasteiger partial charge in [-0.15, -0.1) is 0 Å². The Bertz CT molecular complexity index is 506. The molecule has 0 radical (unpaired) electrons. The number of carbonyl (C=O) groups is 2. The van der Waals surface area contributed by atoms with Gasteiger partial charge in [0.25, 0.3) is 0 Å². The van der Waals surface area contributed by atoms with Gasteiger partial charge in [-0.3, -0.25) is 0 Å². The van der Waals surface area contributed by atoms with Crippen LogP contribution in [0.5, 0.6) is 0 Å². The van der Waals surface area contributed by atoms with E-state index in [1.54, 1.807) is 6.92 Å². The molecular formula is C11H12O7. The highest BCUT2D eigenvalue weighted by Crippen LogP contribution is 2.06. The zero-order valence-corrected chi connectivity index (χ0v) is 9.93. The van der Waals surface area contributed by atoms with Crippen LogP contribution >= 0.6 is 0 Å². The van der Waals surface area contributed by atoms with Crippen LogP contribution in [0.1, 0.15) is 18.4 Å². The molecule has 0 bridgehead atoms. The minimum atomic E-state index is -0.861. The van der Waals surface area contributed by atoms with Crippen LogP contribution in [-0.4, -0.2) is 18.5 Å². The van der Waals surface area contributed by atoms with Gasteiger partial charge in [-0.05, 0) is 13.8 Å². The molecule has 0 unspecified atom stereocenters. The summed E-state index contributed by atoms with van der Waals surface area (Å²) in [7, 11) is 0. The molecule has 0 aliphatic carbocycles. The van der Waals surface area contributed by atoms with Crippen molar-refractivity contribution in [2.45, 2.75) is 20.5 Å². The van der Waals surface area contributed by atoms with Crippen molar-refractivity contribution in [1.82, 2.24) is 0 Å². The Morgan fingerprint density at radius 1 is 1.17 bits per heavy atom. The van der Waals surface area contributed by atoms with Crippen molar-refractivity contribution in [2.24, 2.45) is 0 Å². The van der Waals surface area contributed by atoms with E-state index in [0.717, 1.165) is 12.2 Å². The van der Waals surface area contributed by atoms with E-state index in [1.807, 2.05) is 0 Å². The predicted octanol–water partition coefficient (Wildman–Crippen LogP) is 0.704. The number of hydrogen-bond acceptors (Lipinski definition) is 7. The molecule has 0 fully saturated rings.